The van der Waals surface area contributed by atoms with E-state index < -0.39 is 0 Å². The molecule has 2 nitrogen and oxygen atoms in total. The molecule has 14 heavy (non-hydrogen) atoms. The molecule has 4 heteroatoms. The summed E-state index contributed by atoms with van der Waals surface area (Å²) in [5, 5.41) is 3.43. The monoisotopic (exact) mass is 229 g/mol. The Morgan fingerprint density at radius 1 is 1.50 bits per heavy atom. The minimum atomic E-state index is 0.0393. The highest BCUT2D eigenvalue weighted by atomic mass is 35.5. The number of benzene rings is 1. The zero-order valence-electron chi connectivity index (χ0n) is 7.92. The molecule has 0 heterocycles. The molecule has 76 valence electrons. The van der Waals surface area contributed by atoms with Crippen molar-refractivity contribution in [3.63, 3.8) is 0 Å². The molecule has 0 aliphatic heterocycles. The van der Waals surface area contributed by atoms with E-state index in [1.54, 1.807) is 0 Å². The van der Waals surface area contributed by atoms with Crippen molar-refractivity contribution < 1.29 is 4.79 Å². The van der Waals surface area contributed by atoms with Gasteiger partial charge in [0.25, 0.3) is 0 Å². The van der Waals surface area contributed by atoms with E-state index in [2.05, 4.69) is 5.32 Å². The van der Waals surface area contributed by atoms with Gasteiger partial charge < -0.3 is 5.32 Å². The standard InChI is InChI=1S/C10H12ClNOS/c1-2-12-10(13)7-14-9-6-4-3-5-8(9)11/h3-6H,2,7H2,1H3,(H,12,13). The fourth-order valence-corrected chi connectivity index (χ4v) is 2.02. The number of nitrogens with one attached hydrogen (secondary N) is 1. The first kappa shape index (κ1) is 11.4. The van der Waals surface area contributed by atoms with Crippen LogP contribution in [0.15, 0.2) is 29.2 Å². The van der Waals surface area contributed by atoms with Crippen molar-refractivity contribution in [3.8, 4) is 0 Å². The number of hydrogen-bond acceptors (Lipinski definition) is 2. The predicted molar refractivity (Wildman–Crippen MR) is 60.9 cm³/mol. The normalized spacial score (nSPS) is 9.86. The lowest BCUT2D eigenvalue weighted by Gasteiger charge is -2.03. The Labute approximate surface area is 93.0 Å². The fourth-order valence-electron chi connectivity index (χ4n) is 0.953. The van der Waals surface area contributed by atoms with Crippen LogP contribution in [0.3, 0.4) is 0 Å². The molecule has 0 unspecified atom stereocenters. The van der Waals surface area contributed by atoms with Crippen molar-refractivity contribution in [2.75, 3.05) is 12.3 Å². The van der Waals surface area contributed by atoms with Gasteiger partial charge in [0, 0.05) is 11.4 Å². The molecule has 0 saturated heterocycles. The minimum Gasteiger partial charge on any atom is -0.356 e. The van der Waals surface area contributed by atoms with E-state index in [9.17, 15) is 4.79 Å². The van der Waals surface area contributed by atoms with Crippen LogP contribution in [0.4, 0.5) is 0 Å². The molecule has 0 saturated carbocycles. The van der Waals surface area contributed by atoms with Crippen LogP contribution in [0.5, 0.6) is 0 Å². The summed E-state index contributed by atoms with van der Waals surface area (Å²) >= 11 is 7.38. The molecule has 0 radical (unpaired) electrons. The van der Waals surface area contributed by atoms with E-state index in [4.69, 9.17) is 11.6 Å². The Balaban J connectivity index is 2.46. The third-order valence-corrected chi connectivity index (χ3v) is 3.08. The van der Waals surface area contributed by atoms with Gasteiger partial charge in [-0.05, 0) is 19.1 Å². The Bertz CT molecular complexity index is 317. The molecule has 0 aromatic heterocycles. The smallest absolute Gasteiger partial charge is 0.230 e. The number of amides is 1. The number of rotatable bonds is 4. The molecule has 1 aromatic rings. The van der Waals surface area contributed by atoms with E-state index in [-0.39, 0.29) is 5.91 Å². The van der Waals surface area contributed by atoms with E-state index >= 15 is 0 Å². The molecule has 0 aliphatic carbocycles. The van der Waals surface area contributed by atoms with Gasteiger partial charge in [0.15, 0.2) is 0 Å². The Kier molecular flexibility index (Phi) is 4.84. The van der Waals surface area contributed by atoms with E-state index in [0.29, 0.717) is 17.3 Å². The highest BCUT2D eigenvalue weighted by molar-refractivity contribution is 8.00. The molecular weight excluding hydrogens is 218 g/mol. The SMILES string of the molecule is CCNC(=O)CSc1ccccc1Cl. The summed E-state index contributed by atoms with van der Waals surface area (Å²) in [5.74, 6) is 0.454. The molecule has 1 aromatic carbocycles. The molecule has 1 N–H and O–H groups in total. The molecule has 0 aliphatic rings. The maximum Gasteiger partial charge on any atom is 0.230 e. The summed E-state index contributed by atoms with van der Waals surface area (Å²) in [6, 6.07) is 7.51. The van der Waals surface area contributed by atoms with Crippen LogP contribution < -0.4 is 5.32 Å². The topological polar surface area (TPSA) is 29.1 Å². The molecular formula is C10H12ClNOS. The molecule has 0 fully saturated rings. The van der Waals surface area contributed by atoms with Crippen molar-refractivity contribution >= 4 is 29.3 Å². The van der Waals surface area contributed by atoms with Gasteiger partial charge in [-0.3, -0.25) is 4.79 Å². The first-order valence-electron chi connectivity index (χ1n) is 4.38. The van der Waals surface area contributed by atoms with Crippen LogP contribution in [0.2, 0.25) is 5.02 Å². The zero-order valence-corrected chi connectivity index (χ0v) is 9.49. The van der Waals surface area contributed by atoms with Crippen molar-refractivity contribution in [1.29, 1.82) is 0 Å². The summed E-state index contributed by atoms with van der Waals surface area (Å²) in [5.41, 5.74) is 0. The van der Waals surface area contributed by atoms with E-state index in [1.165, 1.54) is 11.8 Å². The third-order valence-electron chi connectivity index (χ3n) is 1.57. The summed E-state index contributed by atoms with van der Waals surface area (Å²) in [6.45, 7) is 2.57. The van der Waals surface area contributed by atoms with Gasteiger partial charge in [-0.25, -0.2) is 0 Å². The zero-order chi connectivity index (χ0) is 10.4. The number of carbonyl (C=O) groups is 1. The van der Waals surface area contributed by atoms with Gasteiger partial charge in [-0.2, -0.15) is 0 Å². The Morgan fingerprint density at radius 3 is 2.86 bits per heavy atom. The van der Waals surface area contributed by atoms with Crippen molar-refractivity contribution in [1.82, 2.24) is 5.32 Å². The Morgan fingerprint density at radius 2 is 2.21 bits per heavy atom. The van der Waals surface area contributed by atoms with Crippen LogP contribution in [-0.4, -0.2) is 18.2 Å². The van der Waals surface area contributed by atoms with Gasteiger partial charge in [-0.15, -0.1) is 11.8 Å². The van der Waals surface area contributed by atoms with Crippen LogP contribution in [0, 0.1) is 0 Å². The average molecular weight is 230 g/mol. The highest BCUT2D eigenvalue weighted by Gasteiger charge is 2.03. The van der Waals surface area contributed by atoms with Gasteiger partial charge in [-0.1, -0.05) is 23.7 Å². The molecule has 1 amide bonds. The largest absolute Gasteiger partial charge is 0.356 e. The van der Waals surface area contributed by atoms with Crippen molar-refractivity contribution in [2.24, 2.45) is 0 Å². The van der Waals surface area contributed by atoms with E-state index in [1.807, 2.05) is 31.2 Å². The van der Waals surface area contributed by atoms with Crippen LogP contribution in [-0.2, 0) is 4.79 Å². The fraction of sp³-hybridized carbons (Fsp3) is 0.300. The molecule has 0 bridgehead atoms. The molecule has 0 atom stereocenters. The first-order valence-corrected chi connectivity index (χ1v) is 5.74. The van der Waals surface area contributed by atoms with Crippen LogP contribution in [0.1, 0.15) is 6.92 Å². The van der Waals surface area contributed by atoms with Crippen molar-refractivity contribution in [3.05, 3.63) is 29.3 Å². The quantitative estimate of drug-likeness (QED) is 0.805. The summed E-state index contributed by atoms with van der Waals surface area (Å²) < 4.78 is 0. The van der Waals surface area contributed by atoms with Crippen molar-refractivity contribution in [2.45, 2.75) is 11.8 Å². The second-order valence-electron chi connectivity index (χ2n) is 2.67. The first-order chi connectivity index (χ1) is 6.74. The molecule has 1 rings (SSSR count). The second kappa shape index (κ2) is 5.94. The lowest BCUT2D eigenvalue weighted by molar-refractivity contribution is -0.118. The van der Waals surface area contributed by atoms with Gasteiger partial charge >= 0.3 is 0 Å². The van der Waals surface area contributed by atoms with Crippen LogP contribution in [0.25, 0.3) is 0 Å². The highest BCUT2D eigenvalue weighted by Crippen LogP contribution is 2.25. The number of thioether (sulfide) groups is 1. The second-order valence-corrected chi connectivity index (χ2v) is 4.10. The summed E-state index contributed by atoms with van der Waals surface area (Å²) in [4.78, 5) is 12.1. The maximum absolute atomic E-state index is 11.2. The summed E-state index contributed by atoms with van der Waals surface area (Å²) in [6.07, 6.45) is 0. The van der Waals surface area contributed by atoms with E-state index in [0.717, 1.165) is 4.90 Å². The lowest BCUT2D eigenvalue weighted by atomic mass is 10.4. The third kappa shape index (κ3) is 3.60. The van der Waals surface area contributed by atoms with Gasteiger partial charge in [0.2, 0.25) is 5.91 Å². The van der Waals surface area contributed by atoms with Crippen LogP contribution >= 0.6 is 23.4 Å². The number of carbonyl (C=O) groups excluding carboxylic acids is 1. The molecule has 0 spiro atoms. The van der Waals surface area contributed by atoms with Gasteiger partial charge in [0.05, 0.1) is 10.8 Å². The predicted octanol–water partition coefficient (Wildman–Crippen LogP) is 2.57. The Hall–Kier alpha value is -0.670. The minimum absolute atomic E-state index is 0.0393. The number of halogens is 1. The number of hydrogen-bond donors (Lipinski definition) is 1. The van der Waals surface area contributed by atoms with Gasteiger partial charge in [0.1, 0.15) is 0 Å². The maximum atomic E-state index is 11.2. The summed E-state index contributed by atoms with van der Waals surface area (Å²) in [7, 11) is 0. The lowest BCUT2D eigenvalue weighted by Crippen LogP contribution is -2.24. The average Bonchev–Trinajstić information content (AvgIpc) is 2.17.